The number of piperidine rings is 1. The number of hydrogen-bond acceptors (Lipinski definition) is 3. The number of nitrogens with two attached hydrogens (primary N) is 1. The van der Waals surface area contributed by atoms with Crippen molar-refractivity contribution in [3.63, 3.8) is 0 Å². The van der Waals surface area contributed by atoms with Crippen molar-refractivity contribution in [2.45, 2.75) is 32.2 Å². The number of hydrogen-bond donors (Lipinski definition) is 2. The molecule has 0 aliphatic carbocycles. The lowest BCUT2D eigenvalue weighted by atomic mass is 9.95. The molecule has 2 heterocycles. The highest BCUT2D eigenvalue weighted by Gasteiger charge is 2.30. The van der Waals surface area contributed by atoms with Gasteiger partial charge in [-0.15, -0.1) is 0 Å². The number of anilines is 2. The van der Waals surface area contributed by atoms with Crippen LogP contribution >= 0.6 is 11.6 Å². The molecule has 2 aliphatic heterocycles. The van der Waals surface area contributed by atoms with Crippen LogP contribution in [0.25, 0.3) is 0 Å². The highest BCUT2D eigenvalue weighted by atomic mass is 35.5. The van der Waals surface area contributed by atoms with E-state index in [4.69, 9.17) is 17.3 Å². The first-order valence-corrected chi connectivity index (χ1v) is 7.62. The van der Waals surface area contributed by atoms with Gasteiger partial charge in [0.25, 0.3) is 0 Å². The largest absolute Gasteiger partial charge is 0.370 e. The molecule has 2 unspecified atom stereocenters. The molecule has 0 saturated carbocycles. The van der Waals surface area contributed by atoms with E-state index in [0.717, 1.165) is 35.9 Å². The minimum Gasteiger partial charge on any atom is -0.370 e. The quantitative estimate of drug-likeness (QED) is 0.881. The van der Waals surface area contributed by atoms with Crippen LogP contribution in [-0.4, -0.2) is 19.0 Å². The Bertz CT molecular complexity index is 546. The van der Waals surface area contributed by atoms with E-state index >= 15 is 0 Å². The molecular formula is C15H20ClN3O. The van der Waals surface area contributed by atoms with Crippen LogP contribution in [-0.2, 0) is 4.79 Å². The smallest absolute Gasteiger partial charge is 0.245 e. The molecule has 1 aromatic rings. The monoisotopic (exact) mass is 293 g/mol. The van der Waals surface area contributed by atoms with Gasteiger partial charge in [0.2, 0.25) is 5.91 Å². The van der Waals surface area contributed by atoms with Gasteiger partial charge in [-0.3, -0.25) is 4.79 Å². The Morgan fingerprint density at radius 1 is 1.50 bits per heavy atom. The Balaban J connectivity index is 1.91. The predicted molar refractivity (Wildman–Crippen MR) is 82.2 cm³/mol. The first-order chi connectivity index (χ1) is 9.60. The molecule has 0 spiro atoms. The standard InChI is InChI=1S/C15H20ClN3O/c1-2-9-4-3-5-19(8-9)13-7-12-10(6-11(13)16)14(17)15(20)18-12/h6-7,9,14H,2-5,8,17H2,1H3,(H,18,20). The number of benzene rings is 1. The average Bonchev–Trinajstić information content (AvgIpc) is 2.73. The summed E-state index contributed by atoms with van der Waals surface area (Å²) in [6, 6.07) is 3.21. The van der Waals surface area contributed by atoms with Gasteiger partial charge < -0.3 is 16.0 Å². The number of nitrogens with zero attached hydrogens (tertiary/aromatic N) is 1. The fraction of sp³-hybridized carbons (Fsp3) is 0.533. The van der Waals surface area contributed by atoms with Crippen molar-refractivity contribution in [3.8, 4) is 0 Å². The van der Waals surface area contributed by atoms with E-state index < -0.39 is 6.04 Å². The molecule has 2 aliphatic rings. The van der Waals surface area contributed by atoms with Crippen LogP contribution in [0.15, 0.2) is 12.1 Å². The lowest BCUT2D eigenvalue weighted by molar-refractivity contribution is -0.116. The van der Waals surface area contributed by atoms with Gasteiger partial charge >= 0.3 is 0 Å². The minimum absolute atomic E-state index is 0.154. The van der Waals surface area contributed by atoms with Crippen LogP contribution < -0.4 is 16.0 Å². The van der Waals surface area contributed by atoms with Crippen LogP contribution in [0.3, 0.4) is 0 Å². The van der Waals surface area contributed by atoms with Crippen molar-refractivity contribution >= 4 is 28.9 Å². The molecule has 4 nitrogen and oxygen atoms in total. The van der Waals surface area contributed by atoms with E-state index in [1.807, 2.05) is 12.1 Å². The van der Waals surface area contributed by atoms with Crippen LogP contribution in [0.1, 0.15) is 37.8 Å². The number of rotatable bonds is 2. The summed E-state index contributed by atoms with van der Waals surface area (Å²) in [4.78, 5) is 14.0. The van der Waals surface area contributed by atoms with E-state index in [-0.39, 0.29) is 5.91 Å². The molecule has 108 valence electrons. The highest BCUT2D eigenvalue weighted by molar-refractivity contribution is 6.33. The Labute approximate surface area is 124 Å². The third kappa shape index (κ3) is 2.27. The molecule has 1 amide bonds. The van der Waals surface area contributed by atoms with Gasteiger partial charge in [-0.25, -0.2) is 0 Å². The lowest BCUT2D eigenvalue weighted by Crippen LogP contribution is -2.35. The number of carbonyl (C=O) groups excluding carboxylic acids is 1. The van der Waals surface area contributed by atoms with Crippen LogP contribution in [0.5, 0.6) is 0 Å². The normalized spacial score (nSPS) is 25.6. The van der Waals surface area contributed by atoms with Gasteiger partial charge in [0.15, 0.2) is 0 Å². The zero-order valence-corrected chi connectivity index (χ0v) is 12.4. The summed E-state index contributed by atoms with van der Waals surface area (Å²) in [5.74, 6) is 0.572. The fourth-order valence-electron chi connectivity index (χ4n) is 3.15. The summed E-state index contributed by atoms with van der Waals surface area (Å²) in [5.41, 5.74) is 8.46. The van der Waals surface area contributed by atoms with Crippen LogP contribution in [0, 0.1) is 5.92 Å². The van der Waals surface area contributed by atoms with Gasteiger partial charge in [0.05, 0.1) is 10.7 Å². The van der Waals surface area contributed by atoms with Crippen molar-refractivity contribution in [1.82, 2.24) is 0 Å². The van der Waals surface area contributed by atoms with E-state index in [0.29, 0.717) is 5.02 Å². The summed E-state index contributed by atoms with van der Waals surface area (Å²) in [6.45, 7) is 4.29. The maximum atomic E-state index is 11.6. The van der Waals surface area contributed by atoms with Gasteiger partial charge in [-0.1, -0.05) is 24.9 Å². The molecule has 1 fully saturated rings. The summed E-state index contributed by atoms with van der Waals surface area (Å²) < 4.78 is 0. The van der Waals surface area contributed by atoms with Gasteiger partial charge in [0, 0.05) is 24.3 Å². The number of amides is 1. The molecule has 0 radical (unpaired) electrons. The molecule has 5 heteroatoms. The van der Waals surface area contributed by atoms with Gasteiger partial charge in [-0.05, 0) is 30.9 Å². The number of carbonyl (C=O) groups is 1. The van der Waals surface area contributed by atoms with Crippen LogP contribution in [0.2, 0.25) is 5.02 Å². The Hall–Kier alpha value is -1.26. The van der Waals surface area contributed by atoms with E-state index in [1.165, 1.54) is 19.3 Å². The number of fused-ring (bicyclic) bond motifs is 1. The van der Waals surface area contributed by atoms with Gasteiger partial charge in [0.1, 0.15) is 6.04 Å². The Kier molecular flexibility index (Phi) is 3.61. The molecule has 20 heavy (non-hydrogen) atoms. The fourth-order valence-corrected chi connectivity index (χ4v) is 3.45. The molecule has 0 bridgehead atoms. The first kappa shape index (κ1) is 13.7. The molecular weight excluding hydrogens is 274 g/mol. The average molecular weight is 294 g/mol. The van der Waals surface area contributed by atoms with Crippen molar-refractivity contribution in [1.29, 1.82) is 0 Å². The zero-order valence-electron chi connectivity index (χ0n) is 11.7. The Morgan fingerprint density at radius 2 is 2.30 bits per heavy atom. The van der Waals surface area contributed by atoms with Gasteiger partial charge in [-0.2, -0.15) is 0 Å². The minimum atomic E-state index is -0.596. The molecule has 1 saturated heterocycles. The van der Waals surface area contributed by atoms with Crippen molar-refractivity contribution in [2.75, 3.05) is 23.3 Å². The molecule has 2 atom stereocenters. The lowest BCUT2D eigenvalue weighted by Gasteiger charge is -2.34. The summed E-state index contributed by atoms with van der Waals surface area (Å²) >= 11 is 6.41. The summed E-state index contributed by atoms with van der Waals surface area (Å²) in [5, 5.41) is 3.52. The van der Waals surface area contributed by atoms with Crippen molar-refractivity contribution < 1.29 is 4.79 Å². The third-order valence-electron chi connectivity index (χ3n) is 4.43. The SMILES string of the molecule is CCC1CCCN(c2cc3c(cc2Cl)C(N)C(=O)N3)C1. The maximum absolute atomic E-state index is 11.6. The second-order valence-corrected chi connectivity index (χ2v) is 6.13. The Morgan fingerprint density at radius 3 is 3.05 bits per heavy atom. The molecule has 3 N–H and O–H groups in total. The molecule has 3 rings (SSSR count). The van der Waals surface area contributed by atoms with E-state index in [1.54, 1.807) is 0 Å². The van der Waals surface area contributed by atoms with E-state index in [9.17, 15) is 4.79 Å². The number of nitrogens with one attached hydrogen (secondary N) is 1. The highest BCUT2D eigenvalue weighted by Crippen LogP contribution is 2.39. The van der Waals surface area contributed by atoms with Crippen molar-refractivity contribution in [3.05, 3.63) is 22.7 Å². The topological polar surface area (TPSA) is 58.4 Å². The zero-order chi connectivity index (χ0) is 14.3. The maximum Gasteiger partial charge on any atom is 0.245 e. The van der Waals surface area contributed by atoms with Crippen molar-refractivity contribution in [2.24, 2.45) is 11.7 Å². The molecule has 1 aromatic carbocycles. The van der Waals surface area contributed by atoms with E-state index in [2.05, 4.69) is 17.1 Å². The second kappa shape index (κ2) is 5.26. The first-order valence-electron chi connectivity index (χ1n) is 7.25. The third-order valence-corrected chi connectivity index (χ3v) is 4.73. The molecule has 0 aromatic heterocycles. The summed E-state index contributed by atoms with van der Waals surface area (Å²) in [7, 11) is 0. The summed E-state index contributed by atoms with van der Waals surface area (Å²) in [6.07, 6.45) is 3.68. The number of halogens is 1. The second-order valence-electron chi connectivity index (χ2n) is 5.72. The van der Waals surface area contributed by atoms with Crippen LogP contribution in [0.4, 0.5) is 11.4 Å². The predicted octanol–water partition coefficient (Wildman–Crippen LogP) is 2.92.